The lowest BCUT2D eigenvalue weighted by molar-refractivity contribution is 0.460. The van der Waals surface area contributed by atoms with Gasteiger partial charge in [0.1, 0.15) is 11.3 Å². The highest BCUT2D eigenvalue weighted by molar-refractivity contribution is 5.82. The van der Waals surface area contributed by atoms with Crippen LogP contribution in [0, 0.1) is 0 Å². The summed E-state index contributed by atoms with van der Waals surface area (Å²) in [5.41, 5.74) is 5.67. The molecular weight excluding hydrogens is 348 g/mol. The van der Waals surface area contributed by atoms with Crippen LogP contribution in [0.4, 0.5) is 0 Å². The van der Waals surface area contributed by atoms with Gasteiger partial charge >= 0.3 is 0 Å². The van der Waals surface area contributed by atoms with E-state index in [1.807, 2.05) is 30.5 Å². The van der Waals surface area contributed by atoms with E-state index in [1.54, 1.807) is 12.1 Å². The molecule has 4 aromatic rings. The molecule has 0 unspecified atom stereocenters. The lowest BCUT2D eigenvalue weighted by Crippen LogP contribution is -2.26. The van der Waals surface area contributed by atoms with Gasteiger partial charge in [0.2, 0.25) is 0 Å². The molecule has 140 valence electrons. The summed E-state index contributed by atoms with van der Waals surface area (Å²) in [4.78, 5) is 0. The molecule has 1 aliphatic rings. The van der Waals surface area contributed by atoms with Crippen LogP contribution in [0.1, 0.15) is 24.3 Å². The van der Waals surface area contributed by atoms with Crippen molar-refractivity contribution in [3.05, 3.63) is 72.4 Å². The third-order valence-electron chi connectivity index (χ3n) is 5.60. The van der Waals surface area contributed by atoms with E-state index in [9.17, 15) is 5.11 Å². The normalized spacial score (nSPS) is 15.1. The van der Waals surface area contributed by atoms with Crippen molar-refractivity contribution in [2.24, 2.45) is 0 Å². The molecule has 5 rings (SSSR count). The highest BCUT2D eigenvalue weighted by atomic mass is 16.3. The van der Waals surface area contributed by atoms with Gasteiger partial charge < -0.3 is 15.0 Å². The second-order valence-corrected chi connectivity index (χ2v) is 7.32. The maximum atomic E-state index is 10.1. The Morgan fingerprint density at radius 2 is 1.71 bits per heavy atom. The van der Waals surface area contributed by atoms with Crippen molar-refractivity contribution in [2.75, 3.05) is 13.1 Å². The zero-order valence-electron chi connectivity index (χ0n) is 15.5. The Balaban J connectivity index is 1.52. The fourth-order valence-corrected chi connectivity index (χ4v) is 4.04. The number of nitrogens with one attached hydrogen (secondary N) is 1. The summed E-state index contributed by atoms with van der Waals surface area (Å²) in [6.45, 7) is 2.20. The maximum absolute atomic E-state index is 10.1. The Morgan fingerprint density at radius 1 is 0.929 bits per heavy atom. The van der Waals surface area contributed by atoms with Crippen molar-refractivity contribution in [1.29, 1.82) is 0 Å². The molecule has 0 aliphatic carbocycles. The molecule has 1 saturated heterocycles. The Bertz CT molecular complexity index is 1110. The summed E-state index contributed by atoms with van der Waals surface area (Å²) < 4.78 is 2.12. The van der Waals surface area contributed by atoms with Gasteiger partial charge in [0.25, 0.3) is 0 Å². The molecule has 5 heteroatoms. The Kier molecular flexibility index (Phi) is 4.29. The Hall–Kier alpha value is -3.18. The van der Waals surface area contributed by atoms with Crippen molar-refractivity contribution in [2.45, 2.75) is 18.8 Å². The van der Waals surface area contributed by atoms with E-state index in [1.165, 1.54) is 18.4 Å². The zero-order chi connectivity index (χ0) is 18.9. The van der Waals surface area contributed by atoms with Crippen LogP contribution in [0.25, 0.3) is 28.0 Å². The molecule has 0 saturated carbocycles. The van der Waals surface area contributed by atoms with Crippen molar-refractivity contribution in [1.82, 2.24) is 20.1 Å². The fourth-order valence-electron chi connectivity index (χ4n) is 4.04. The Morgan fingerprint density at radius 3 is 2.50 bits per heavy atom. The third kappa shape index (κ3) is 3.04. The van der Waals surface area contributed by atoms with E-state index in [4.69, 9.17) is 0 Å². The first-order valence-corrected chi connectivity index (χ1v) is 9.74. The average Bonchev–Trinajstić information content (AvgIpc) is 3.18. The summed E-state index contributed by atoms with van der Waals surface area (Å²) >= 11 is 0. The second kappa shape index (κ2) is 7.09. The first-order chi connectivity index (χ1) is 13.8. The molecule has 0 radical (unpaired) electrons. The van der Waals surface area contributed by atoms with E-state index in [-0.39, 0.29) is 5.75 Å². The topological polar surface area (TPSA) is 63.0 Å². The highest BCUT2D eigenvalue weighted by Crippen LogP contribution is 2.30. The summed E-state index contributed by atoms with van der Waals surface area (Å²) in [5, 5.41) is 22.2. The number of hydrogen-bond acceptors (Lipinski definition) is 4. The minimum Gasteiger partial charge on any atom is -0.507 e. The van der Waals surface area contributed by atoms with Crippen molar-refractivity contribution < 1.29 is 5.11 Å². The van der Waals surface area contributed by atoms with Crippen LogP contribution in [0.2, 0.25) is 0 Å². The smallest absolute Gasteiger partial charge is 0.125 e. The molecule has 0 atom stereocenters. The standard InChI is InChI=1S/C23H22N4O/c28-23-4-2-1-3-19(23)21-15-22-20(25-26-21)11-14-27(22)18-7-5-16(6-8-18)17-9-12-24-13-10-17/h1-8,11,14-15,17,24,28H,9-10,12-13H2. The minimum atomic E-state index is 0.209. The Labute approximate surface area is 163 Å². The number of phenols is 1. The lowest BCUT2D eigenvalue weighted by atomic mass is 9.90. The van der Waals surface area contributed by atoms with Gasteiger partial charge in [0.05, 0.1) is 11.2 Å². The number of piperidine rings is 1. The number of rotatable bonds is 3. The molecule has 0 spiro atoms. The molecule has 0 bridgehead atoms. The van der Waals surface area contributed by atoms with Crippen LogP contribution < -0.4 is 5.32 Å². The van der Waals surface area contributed by atoms with Gasteiger partial charge in [0, 0.05) is 17.4 Å². The van der Waals surface area contributed by atoms with Crippen molar-refractivity contribution in [3.63, 3.8) is 0 Å². The molecule has 1 aliphatic heterocycles. The van der Waals surface area contributed by atoms with E-state index in [0.717, 1.165) is 29.8 Å². The van der Waals surface area contributed by atoms with E-state index in [0.29, 0.717) is 17.2 Å². The SMILES string of the molecule is Oc1ccccc1-c1cc2c(ccn2-c2ccc(C3CCNCC3)cc2)nn1. The van der Waals surface area contributed by atoms with Gasteiger partial charge in [-0.15, -0.1) is 10.2 Å². The molecular formula is C23H22N4O. The summed E-state index contributed by atoms with van der Waals surface area (Å²) in [5.74, 6) is 0.857. The molecule has 0 amide bonds. The predicted molar refractivity (Wildman–Crippen MR) is 111 cm³/mol. The van der Waals surface area contributed by atoms with Crippen LogP contribution >= 0.6 is 0 Å². The van der Waals surface area contributed by atoms with Crippen LogP contribution in [0.15, 0.2) is 66.9 Å². The maximum Gasteiger partial charge on any atom is 0.125 e. The number of aromatic nitrogens is 3. The van der Waals surface area contributed by atoms with E-state index < -0.39 is 0 Å². The number of aromatic hydroxyl groups is 1. The van der Waals surface area contributed by atoms with E-state index in [2.05, 4.69) is 44.3 Å². The van der Waals surface area contributed by atoms with Crippen LogP contribution in [-0.4, -0.2) is 33.0 Å². The summed E-state index contributed by atoms with van der Waals surface area (Å²) in [6.07, 6.45) is 4.42. The molecule has 5 nitrogen and oxygen atoms in total. The first-order valence-electron chi connectivity index (χ1n) is 9.74. The van der Waals surface area contributed by atoms with Gasteiger partial charge in [-0.3, -0.25) is 0 Å². The second-order valence-electron chi connectivity index (χ2n) is 7.32. The van der Waals surface area contributed by atoms with Crippen LogP contribution in [0.3, 0.4) is 0 Å². The first kappa shape index (κ1) is 17.0. The number of para-hydroxylation sites is 1. The number of phenolic OH excluding ortho intramolecular Hbond substituents is 1. The number of fused-ring (bicyclic) bond motifs is 1. The van der Waals surface area contributed by atoms with Crippen molar-refractivity contribution >= 4 is 11.0 Å². The largest absolute Gasteiger partial charge is 0.507 e. The highest BCUT2D eigenvalue weighted by Gasteiger charge is 2.15. The molecule has 2 aromatic carbocycles. The fraction of sp³-hybridized carbons (Fsp3) is 0.217. The predicted octanol–water partition coefficient (Wildman–Crippen LogP) is 4.26. The van der Waals surface area contributed by atoms with Crippen LogP contribution in [0.5, 0.6) is 5.75 Å². The number of hydrogen-bond donors (Lipinski definition) is 2. The number of benzene rings is 2. The number of nitrogens with zero attached hydrogens (tertiary/aromatic N) is 3. The van der Waals surface area contributed by atoms with E-state index >= 15 is 0 Å². The monoisotopic (exact) mass is 370 g/mol. The van der Waals surface area contributed by atoms with Crippen molar-refractivity contribution in [3.8, 4) is 22.7 Å². The van der Waals surface area contributed by atoms with Gasteiger partial charge in [-0.1, -0.05) is 24.3 Å². The molecule has 1 fully saturated rings. The zero-order valence-corrected chi connectivity index (χ0v) is 15.5. The van der Waals surface area contributed by atoms with Gasteiger partial charge in [-0.2, -0.15) is 0 Å². The van der Waals surface area contributed by atoms with Gasteiger partial charge in [0.15, 0.2) is 0 Å². The minimum absolute atomic E-state index is 0.209. The average molecular weight is 370 g/mol. The van der Waals surface area contributed by atoms with Crippen LogP contribution in [-0.2, 0) is 0 Å². The van der Waals surface area contributed by atoms with Gasteiger partial charge in [-0.05, 0) is 73.8 Å². The molecule has 2 aromatic heterocycles. The summed E-state index contributed by atoms with van der Waals surface area (Å²) in [6, 6.07) is 20.0. The third-order valence-corrected chi connectivity index (χ3v) is 5.60. The summed E-state index contributed by atoms with van der Waals surface area (Å²) in [7, 11) is 0. The quantitative estimate of drug-likeness (QED) is 0.566. The molecule has 2 N–H and O–H groups in total. The lowest BCUT2D eigenvalue weighted by Gasteiger charge is -2.23. The molecule has 28 heavy (non-hydrogen) atoms. The van der Waals surface area contributed by atoms with Gasteiger partial charge in [-0.25, -0.2) is 0 Å². The molecule has 3 heterocycles.